The molecule has 0 aliphatic carbocycles. The van der Waals surface area contributed by atoms with Gasteiger partial charge in [-0.15, -0.1) is 11.3 Å². The first-order valence-corrected chi connectivity index (χ1v) is 7.52. The average Bonchev–Trinajstić information content (AvgIpc) is 2.87. The van der Waals surface area contributed by atoms with E-state index < -0.39 is 0 Å². The summed E-state index contributed by atoms with van der Waals surface area (Å²) in [6, 6.07) is 1.72. The van der Waals surface area contributed by atoms with Gasteiger partial charge in [-0.05, 0) is 45.2 Å². The van der Waals surface area contributed by atoms with Gasteiger partial charge >= 0.3 is 0 Å². The van der Waals surface area contributed by atoms with Crippen LogP contribution in [0.25, 0.3) is 0 Å². The number of aromatic nitrogens is 1. The van der Waals surface area contributed by atoms with E-state index in [1.807, 2.05) is 11.6 Å². The fourth-order valence-corrected chi connectivity index (χ4v) is 4.00. The third-order valence-electron chi connectivity index (χ3n) is 4.39. The van der Waals surface area contributed by atoms with Gasteiger partial charge in [0.25, 0.3) is 0 Å². The Hall–Kier alpha value is -0.450. The smallest absolute Gasteiger partial charge is 0.106 e. The second-order valence-corrected chi connectivity index (χ2v) is 6.42. The molecule has 0 aromatic carbocycles. The van der Waals surface area contributed by atoms with Gasteiger partial charge in [-0.2, -0.15) is 0 Å². The summed E-state index contributed by atoms with van der Waals surface area (Å²) < 4.78 is 0. The van der Waals surface area contributed by atoms with Crippen LogP contribution in [0.2, 0.25) is 0 Å². The van der Waals surface area contributed by atoms with Gasteiger partial charge in [0.15, 0.2) is 0 Å². The zero-order valence-electron chi connectivity index (χ0n) is 10.4. The van der Waals surface area contributed by atoms with E-state index in [1.54, 1.807) is 11.3 Å². The molecule has 94 valence electrons. The van der Waals surface area contributed by atoms with E-state index in [2.05, 4.69) is 22.2 Å². The van der Waals surface area contributed by atoms with E-state index >= 15 is 0 Å². The van der Waals surface area contributed by atoms with E-state index in [9.17, 15) is 0 Å². The normalized spacial score (nSPS) is 33.1. The van der Waals surface area contributed by atoms with Gasteiger partial charge in [-0.3, -0.25) is 0 Å². The van der Waals surface area contributed by atoms with Crippen molar-refractivity contribution in [1.82, 2.24) is 15.2 Å². The van der Waals surface area contributed by atoms with Crippen LogP contribution in [-0.4, -0.2) is 35.6 Å². The van der Waals surface area contributed by atoms with Gasteiger partial charge in [0.2, 0.25) is 0 Å². The minimum absolute atomic E-state index is 0.861. The van der Waals surface area contributed by atoms with Crippen LogP contribution in [0.15, 0.2) is 11.6 Å². The van der Waals surface area contributed by atoms with E-state index in [4.69, 9.17) is 0 Å². The molecule has 0 amide bonds. The van der Waals surface area contributed by atoms with Gasteiger partial charge in [0.05, 0.1) is 0 Å². The number of hydrogen-bond donors (Lipinski definition) is 1. The molecule has 1 aromatic rings. The summed E-state index contributed by atoms with van der Waals surface area (Å²) in [6.07, 6.45) is 7.50. The number of piperidine rings is 1. The molecule has 0 saturated carbocycles. The highest BCUT2D eigenvalue weighted by atomic mass is 32.1. The van der Waals surface area contributed by atoms with Crippen molar-refractivity contribution in [3.05, 3.63) is 16.6 Å². The second kappa shape index (κ2) is 5.04. The number of hydrogen-bond acceptors (Lipinski definition) is 4. The van der Waals surface area contributed by atoms with Crippen molar-refractivity contribution in [3.8, 4) is 0 Å². The summed E-state index contributed by atoms with van der Waals surface area (Å²) in [4.78, 5) is 6.91. The summed E-state index contributed by atoms with van der Waals surface area (Å²) in [5.41, 5.74) is 0. The lowest BCUT2D eigenvalue weighted by molar-refractivity contribution is 0.133. The Balaban J connectivity index is 1.44. The molecule has 2 saturated heterocycles. The Morgan fingerprint density at radius 2 is 2.18 bits per heavy atom. The van der Waals surface area contributed by atoms with Crippen molar-refractivity contribution in [2.45, 2.75) is 44.3 Å². The van der Waals surface area contributed by atoms with Gasteiger partial charge in [-0.1, -0.05) is 0 Å². The molecule has 2 unspecified atom stereocenters. The minimum Gasteiger partial charge on any atom is -0.310 e. The molecule has 2 atom stereocenters. The molecular formula is C13H21N3S. The van der Waals surface area contributed by atoms with Crippen LogP contribution in [0.3, 0.4) is 0 Å². The van der Waals surface area contributed by atoms with Gasteiger partial charge in [0, 0.05) is 30.2 Å². The molecule has 0 spiro atoms. The van der Waals surface area contributed by atoms with Gasteiger partial charge < -0.3 is 10.2 Å². The summed E-state index contributed by atoms with van der Waals surface area (Å²) >= 11 is 1.74. The van der Waals surface area contributed by atoms with Crippen molar-refractivity contribution >= 4 is 11.3 Å². The topological polar surface area (TPSA) is 28.2 Å². The number of nitrogens with one attached hydrogen (secondary N) is 1. The van der Waals surface area contributed by atoms with Crippen LogP contribution in [0, 0.1) is 5.92 Å². The first-order chi connectivity index (χ1) is 8.33. The van der Waals surface area contributed by atoms with E-state index in [1.165, 1.54) is 37.2 Å². The van der Waals surface area contributed by atoms with Crippen LogP contribution < -0.4 is 5.32 Å². The number of thiazole rings is 1. The molecule has 3 nitrogen and oxygen atoms in total. The predicted molar refractivity (Wildman–Crippen MR) is 71.1 cm³/mol. The lowest BCUT2D eigenvalue weighted by Crippen LogP contribution is -2.42. The van der Waals surface area contributed by atoms with Gasteiger partial charge in [-0.25, -0.2) is 4.98 Å². The zero-order valence-corrected chi connectivity index (χ0v) is 11.2. The Morgan fingerprint density at radius 3 is 2.82 bits per heavy atom. The monoisotopic (exact) mass is 251 g/mol. The largest absolute Gasteiger partial charge is 0.310 e. The lowest BCUT2D eigenvalue weighted by Gasteiger charge is -2.36. The molecule has 2 bridgehead atoms. The number of rotatable bonds is 4. The predicted octanol–water partition coefficient (Wildman–Crippen LogP) is 2.11. The van der Waals surface area contributed by atoms with Crippen molar-refractivity contribution in [2.24, 2.45) is 5.92 Å². The minimum atomic E-state index is 0.861. The van der Waals surface area contributed by atoms with Crippen molar-refractivity contribution < 1.29 is 0 Å². The fourth-order valence-electron chi connectivity index (χ4n) is 3.41. The fraction of sp³-hybridized carbons (Fsp3) is 0.769. The molecule has 17 heavy (non-hydrogen) atoms. The highest BCUT2D eigenvalue weighted by Crippen LogP contribution is 2.36. The third-order valence-corrected chi connectivity index (χ3v) is 5.17. The van der Waals surface area contributed by atoms with Crippen molar-refractivity contribution in [1.29, 1.82) is 0 Å². The standard InChI is InChI=1S/C13H21N3S/c1-16-11-2-3-12(16)7-10(6-11)8-14-9-13-15-4-5-17-13/h4-5,10-12,14H,2-3,6-9H2,1H3. The SMILES string of the molecule is CN1C2CCC1CC(CNCc1nccs1)C2. The number of nitrogens with zero attached hydrogens (tertiary/aromatic N) is 2. The van der Waals surface area contributed by atoms with Crippen LogP contribution in [0.5, 0.6) is 0 Å². The third kappa shape index (κ3) is 2.54. The molecule has 4 heteroatoms. The van der Waals surface area contributed by atoms with Gasteiger partial charge in [0.1, 0.15) is 5.01 Å². The lowest BCUT2D eigenvalue weighted by atomic mass is 9.91. The molecule has 2 fully saturated rings. The molecule has 0 radical (unpaired) electrons. The molecule has 1 N–H and O–H groups in total. The Morgan fingerprint density at radius 1 is 1.41 bits per heavy atom. The molecule has 2 aliphatic rings. The van der Waals surface area contributed by atoms with Crippen LogP contribution >= 0.6 is 11.3 Å². The number of fused-ring (bicyclic) bond motifs is 2. The zero-order chi connectivity index (χ0) is 11.7. The van der Waals surface area contributed by atoms with E-state index in [0.29, 0.717) is 0 Å². The molecule has 1 aromatic heterocycles. The molecule has 3 rings (SSSR count). The highest BCUT2D eigenvalue weighted by Gasteiger charge is 2.37. The van der Waals surface area contributed by atoms with E-state index in [-0.39, 0.29) is 0 Å². The summed E-state index contributed by atoms with van der Waals surface area (Å²) in [5, 5.41) is 6.83. The quantitative estimate of drug-likeness (QED) is 0.888. The van der Waals surface area contributed by atoms with Crippen molar-refractivity contribution in [2.75, 3.05) is 13.6 Å². The average molecular weight is 251 g/mol. The molecule has 2 aliphatic heterocycles. The maximum Gasteiger partial charge on any atom is 0.106 e. The second-order valence-electron chi connectivity index (χ2n) is 5.44. The first-order valence-electron chi connectivity index (χ1n) is 6.64. The summed E-state index contributed by atoms with van der Waals surface area (Å²) in [7, 11) is 2.31. The maximum absolute atomic E-state index is 4.30. The Labute approximate surface area is 107 Å². The van der Waals surface area contributed by atoms with Crippen molar-refractivity contribution in [3.63, 3.8) is 0 Å². The highest BCUT2D eigenvalue weighted by molar-refractivity contribution is 7.09. The van der Waals surface area contributed by atoms with Crippen LogP contribution in [0.4, 0.5) is 0 Å². The van der Waals surface area contributed by atoms with E-state index in [0.717, 1.165) is 24.5 Å². The Kier molecular flexibility index (Phi) is 3.45. The Bertz CT molecular complexity index is 338. The van der Waals surface area contributed by atoms with Crippen LogP contribution in [0.1, 0.15) is 30.7 Å². The summed E-state index contributed by atoms with van der Waals surface area (Å²) in [6.45, 7) is 2.11. The molecule has 3 heterocycles. The first kappa shape index (κ1) is 11.6. The molecular weight excluding hydrogens is 230 g/mol. The van der Waals surface area contributed by atoms with Crippen LogP contribution in [-0.2, 0) is 6.54 Å². The maximum atomic E-state index is 4.30. The summed E-state index contributed by atoms with van der Waals surface area (Å²) in [5.74, 6) is 0.878.